The zero-order valence-electron chi connectivity index (χ0n) is 11.3. The second-order valence-electron chi connectivity index (χ2n) is 4.28. The average Bonchev–Trinajstić information content (AvgIpc) is 2.47. The Morgan fingerprint density at radius 1 is 1.24 bits per heavy atom. The number of nitrogens with one attached hydrogen (secondary N) is 2. The van der Waals surface area contributed by atoms with E-state index < -0.39 is 0 Å². The molecule has 2 N–H and O–H groups in total. The molecule has 4 nitrogen and oxygen atoms in total. The Labute approximate surface area is 136 Å². The van der Waals surface area contributed by atoms with Crippen LogP contribution in [0.4, 0.5) is 10.5 Å². The molecule has 2 aromatic carbocycles. The van der Waals surface area contributed by atoms with E-state index in [2.05, 4.69) is 26.6 Å². The molecule has 110 valence electrons. The fraction of sp³-hybridized carbons (Fsp3) is 0.133. The van der Waals surface area contributed by atoms with E-state index in [0.29, 0.717) is 23.0 Å². The Kier molecular flexibility index (Phi) is 5.47. The van der Waals surface area contributed by atoms with Crippen molar-refractivity contribution in [3.63, 3.8) is 0 Å². The number of halogens is 2. The van der Waals surface area contributed by atoms with Gasteiger partial charge in [-0.05, 0) is 35.9 Å². The summed E-state index contributed by atoms with van der Waals surface area (Å²) in [6.45, 7) is 0.447. The third-order valence-electron chi connectivity index (χ3n) is 2.78. The number of hydrogen-bond donors (Lipinski definition) is 2. The van der Waals surface area contributed by atoms with Crippen molar-refractivity contribution in [1.29, 1.82) is 0 Å². The molecule has 0 heterocycles. The maximum atomic E-state index is 11.8. The van der Waals surface area contributed by atoms with Gasteiger partial charge in [-0.25, -0.2) is 4.79 Å². The summed E-state index contributed by atoms with van der Waals surface area (Å²) in [4.78, 5) is 11.8. The standard InChI is InChI=1S/C15H14BrClN2O2/c1-21-14-7-6-12(8-13(14)17)19-15(20)18-9-10-2-4-11(16)5-3-10/h2-8H,9H2,1H3,(H2,18,19,20). The summed E-state index contributed by atoms with van der Waals surface area (Å²) in [5.74, 6) is 0.567. The number of urea groups is 1. The van der Waals surface area contributed by atoms with E-state index in [4.69, 9.17) is 16.3 Å². The Hall–Kier alpha value is -1.72. The highest BCUT2D eigenvalue weighted by Gasteiger charge is 2.05. The Morgan fingerprint density at radius 2 is 1.95 bits per heavy atom. The molecule has 0 bridgehead atoms. The van der Waals surface area contributed by atoms with E-state index in [1.165, 1.54) is 0 Å². The lowest BCUT2D eigenvalue weighted by molar-refractivity contribution is 0.251. The number of hydrogen-bond acceptors (Lipinski definition) is 2. The number of carbonyl (C=O) groups excluding carboxylic acids is 1. The highest BCUT2D eigenvalue weighted by molar-refractivity contribution is 9.10. The molecular weight excluding hydrogens is 356 g/mol. The molecule has 0 atom stereocenters. The Balaban J connectivity index is 1.89. The molecule has 6 heteroatoms. The van der Waals surface area contributed by atoms with Crippen molar-refractivity contribution in [3.8, 4) is 5.75 Å². The van der Waals surface area contributed by atoms with Gasteiger partial charge in [-0.2, -0.15) is 0 Å². The number of anilines is 1. The fourth-order valence-corrected chi connectivity index (χ4v) is 2.23. The fourth-order valence-electron chi connectivity index (χ4n) is 1.70. The molecule has 2 rings (SSSR count). The van der Waals surface area contributed by atoms with E-state index in [0.717, 1.165) is 10.0 Å². The largest absolute Gasteiger partial charge is 0.495 e. The molecule has 0 saturated carbocycles. The van der Waals surface area contributed by atoms with Gasteiger partial charge in [0.2, 0.25) is 0 Å². The zero-order valence-corrected chi connectivity index (χ0v) is 13.7. The number of carbonyl (C=O) groups is 1. The second-order valence-corrected chi connectivity index (χ2v) is 5.61. The lowest BCUT2D eigenvalue weighted by Crippen LogP contribution is -2.28. The van der Waals surface area contributed by atoms with E-state index in [1.54, 1.807) is 25.3 Å². The highest BCUT2D eigenvalue weighted by Crippen LogP contribution is 2.27. The zero-order chi connectivity index (χ0) is 15.2. The van der Waals surface area contributed by atoms with Crippen molar-refractivity contribution in [2.45, 2.75) is 6.54 Å². The van der Waals surface area contributed by atoms with E-state index in [-0.39, 0.29) is 6.03 Å². The van der Waals surface area contributed by atoms with Crippen molar-refractivity contribution in [1.82, 2.24) is 5.32 Å². The highest BCUT2D eigenvalue weighted by atomic mass is 79.9. The van der Waals surface area contributed by atoms with Gasteiger partial charge in [0, 0.05) is 16.7 Å². The molecule has 0 aliphatic rings. The Morgan fingerprint density at radius 3 is 2.57 bits per heavy atom. The van der Waals surface area contributed by atoms with Gasteiger partial charge < -0.3 is 15.4 Å². The van der Waals surface area contributed by atoms with Crippen LogP contribution in [0, 0.1) is 0 Å². The van der Waals surface area contributed by atoms with E-state index in [9.17, 15) is 4.79 Å². The van der Waals surface area contributed by atoms with Crippen LogP contribution < -0.4 is 15.4 Å². The van der Waals surface area contributed by atoms with Crippen LogP contribution in [-0.2, 0) is 6.54 Å². The molecule has 0 aliphatic carbocycles. The van der Waals surface area contributed by atoms with Crippen molar-refractivity contribution in [2.24, 2.45) is 0 Å². The van der Waals surface area contributed by atoms with Crippen LogP contribution in [0.2, 0.25) is 5.02 Å². The first-order valence-electron chi connectivity index (χ1n) is 6.21. The maximum absolute atomic E-state index is 11.8. The van der Waals surface area contributed by atoms with Crippen LogP contribution in [0.1, 0.15) is 5.56 Å². The van der Waals surface area contributed by atoms with E-state index >= 15 is 0 Å². The number of benzene rings is 2. The molecule has 2 aromatic rings. The molecule has 21 heavy (non-hydrogen) atoms. The van der Waals surface area contributed by atoms with Gasteiger partial charge in [0.25, 0.3) is 0 Å². The first kappa shape index (κ1) is 15.7. The summed E-state index contributed by atoms with van der Waals surface area (Å²) in [5.41, 5.74) is 1.62. The van der Waals surface area contributed by atoms with Crippen LogP contribution in [0.25, 0.3) is 0 Å². The smallest absolute Gasteiger partial charge is 0.319 e. The van der Waals surface area contributed by atoms with E-state index in [1.807, 2.05) is 24.3 Å². The summed E-state index contributed by atoms with van der Waals surface area (Å²) in [7, 11) is 1.54. The minimum atomic E-state index is -0.292. The van der Waals surface area contributed by atoms with Gasteiger partial charge in [-0.3, -0.25) is 0 Å². The summed E-state index contributed by atoms with van der Waals surface area (Å²) in [5, 5.41) is 5.94. The molecule has 0 fully saturated rings. The van der Waals surface area contributed by atoms with Gasteiger partial charge in [-0.15, -0.1) is 0 Å². The van der Waals surface area contributed by atoms with Crippen LogP contribution >= 0.6 is 27.5 Å². The maximum Gasteiger partial charge on any atom is 0.319 e. The molecule has 0 aliphatic heterocycles. The summed E-state index contributed by atoms with van der Waals surface area (Å²) in [6.07, 6.45) is 0. The first-order chi connectivity index (χ1) is 10.1. The van der Waals surface area contributed by atoms with Gasteiger partial charge >= 0.3 is 6.03 Å². The van der Waals surface area contributed by atoms with Crippen LogP contribution in [-0.4, -0.2) is 13.1 Å². The summed E-state index contributed by atoms with van der Waals surface area (Å²) >= 11 is 9.37. The van der Waals surface area contributed by atoms with Crippen molar-refractivity contribution >= 4 is 39.2 Å². The number of amides is 2. The molecule has 0 radical (unpaired) electrons. The molecule has 2 amide bonds. The molecule has 0 saturated heterocycles. The molecule has 0 spiro atoms. The van der Waals surface area contributed by atoms with Crippen LogP contribution in [0.5, 0.6) is 5.75 Å². The second kappa shape index (κ2) is 7.33. The third kappa shape index (κ3) is 4.65. The van der Waals surface area contributed by atoms with Gasteiger partial charge in [-0.1, -0.05) is 39.7 Å². The topological polar surface area (TPSA) is 50.4 Å². The van der Waals surface area contributed by atoms with Gasteiger partial charge in [0.1, 0.15) is 5.75 Å². The normalized spacial score (nSPS) is 10.0. The average molecular weight is 370 g/mol. The minimum absolute atomic E-state index is 0.292. The Bertz CT molecular complexity index is 632. The minimum Gasteiger partial charge on any atom is -0.495 e. The number of rotatable bonds is 4. The monoisotopic (exact) mass is 368 g/mol. The lowest BCUT2D eigenvalue weighted by atomic mass is 10.2. The molecule has 0 aromatic heterocycles. The van der Waals surface area contributed by atoms with Crippen LogP contribution in [0.3, 0.4) is 0 Å². The predicted octanol–water partition coefficient (Wildman–Crippen LogP) is 4.43. The third-order valence-corrected chi connectivity index (χ3v) is 3.60. The number of methoxy groups -OCH3 is 1. The first-order valence-corrected chi connectivity index (χ1v) is 7.38. The van der Waals surface area contributed by atoms with Gasteiger partial charge in [0.15, 0.2) is 0 Å². The molecule has 0 unspecified atom stereocenters. The quantitative estimate of drug-likeness (QED) is 0.837. The lowest BCUT2D eigenvalue weighted by Gasteiger charge is -2.09. The summed E-state index contributed by atoms with van der Waals surface area (Å²) < 4.78 is 6.06. The van der Waals surface area contributed by atoms with Crippen molar-refractivity contribution in [2.75, 3.05) is 12.4 Å². The molecular formula is C15H14BrClN2O2. The SMILES string of the molecule is COc1ccc(NC(=O)NCc2ccc(Br)cc2)cc1Cl. The van der Waals surface area contributed by atoms with Crippen molar-refractivity contribution < 1.29 is 9.53 Å². The summed E-state index contributed by atoms with van der Waals surface area (Å²) in [6, 6.07) is 12.5. The predicted molar refractivity (Wildman–Crippen MR) is 88.0 cm³/mol. The van der Waals surface area contributed by atoms with Crippen LogP contribution in [0.15, 0.2) is 46.9 Å². The van der Waals surface area contributed by atoms with Crippen molar-refractivity contribution in [3.05, 3.63) is 57.5 Å². The van der Waals surface area contributed by atoms with Gasteiger partial charge in [0.05, 0.1) is 12.1 Å². The number of ether oxygens (including phenoxy) is 1.